The van der Waals surface area contributed by atoms with Crippen molar-refractivity contribution in [3.8, 4) is 5.75 Å². The number of ether oxygens (including phenoxy) is 1. The van der Waals surface area contributed by atoms with Crippen molar-refractivity contribution < 1.29 is 13.9 Å². The van der Waals surface area contributed by atoms with Crippen LogP contribution in [-0.4, -0.2) is 12.1 Å². The van der Waals surface area contributed by atoms with Gasteiger partial charge in [0, 0.05) is 0 Å². The van der Waals surface area contributed by atoms with Crippen molar-refractivity contribution in [1.82, 2.24) is 0 Å². The number of benzene rings is 1. The summed E-state index contributed by atoms with van der Waals surface area (Å²) in [6, 6.07) is 1.97. The van der Waals surface area contributed by atoms with Crippen LogP contribution in [0.3, 0.4) is 0 Å². The highest BCUT2D eigenvalue weighted by Crippen LogP contribution is 2.30. The molecule has 1 atom stereocenters. The summed E-state index contributed by atoms with van der Waals surface area (Å²) in [6.45, 7) is 3.71. The molecule has 1 aliphatic heterocycles. The average Bonchev–Trinajstić information content (AvgIpc) is 2.17. The second-order valence-electron chi connectivity index (χ2n) is 4.02. The van der Waals surface area contributed by atoms with E-state index in [0.29, 0.717) is 11.3 Å². The van der Waals surface area contributed by atoms with E-state index in [4.69, 9.17) is 4.74 Å². The van der Waals surface area contributed by atoms with Gasteiger partial charge in [0.1, 0.15) is 5.75 Å². The van der Waals surface area contributed by atoms with Gasteiger partial charge in [0.05, 0.1) is 11.7 Å². The predicted molar refractivity (Wildman–Crippen MR) is 55.0 cm³/mol. The molecule has 0 bridgehead atoms. The van der Waals surface area contributed by atoms with Crippen molar-refractivity contribution in [2.24, 2.45) is 0 Å². The average molecular weight is 208 g/mol. The summed E-state index contributed by atoms with van der Waals surface area (Å²) in [5.74, 6) is 0.653. The minimum Gasteiger partial charge on any atom is -0.490 e. The Hall–Kier alpha value is -1.38. The molecular weight excluding hydrogens is 195 g/mol. The normalized spacial score (nSPS) is 19.3. The molecule has 3 heteroatoms. The predicted octanol–water partition coefficient (Wildman–Crippen LogP) is 2.82. The Bertz CT molecular complexity index is 412. The third-order valence-corrected chi connectivity index (χ3v) is 2.77. The Morgan fingerprint density at radius 2 is 2.27 bits per heavy atom. The van der Waals surface area contributed by atoms with Crippen LogP contribution in [0.25, 0.3) is 0 Å². The van der Waals surface area contributed by atoms with Crippen LogP contribution in [0, 0.1) is 6.92 Å². The lowest BCUT2D eigenvalue weighted by Gasteiger charge is -2.24. The van der Waals surface area contributed by atoms with E-state index in [1.807, 2.05) is 13.0 Å². The van der Waals surface area contributed by atoms with E-state index >= 15 is 0 Å². The molecule has 1 aliphatic rings. The van der Waals surface area contributed by atoms with Crippen LogP contribution in [0.15, 0.2) is 12.1 Å². The molecule has 1 aromatic carbocycles. The van der Waals surface area contributed by atoms with Crippen LogP contribution in [-0.2, 0) is 6.42 Å². The first-order valence-corrected chi connectivity index (χ1v) is 5.08. The summed E-state index contributed by atoms with van der Waals surface area (Å²) in [7, 11) is 0. The van der Waals surface area contributed by atoms with Gasteiger partial charge >= 0.3 is 6.04 Å². The van der Waals surface area contributed by atoms with Crippen molar-refractivity contribution in [3.05, 3.63) is 28.8 Å². The first-order chi connectivity index (χ1) is 7.08. The highest BCUT2D eigenvalue weighted by atomic mass is 19.1. The molecule has 0 radical (unpaired) electrons. The number of carbonyl (C=O) groups is 1. The smallest absolute Gasteiger partial charge is 0.332 e. The van der Waals surface area contributed by atoms with Gasteiger partial charge in [-0.05, 0) is 43.9 Å². The van der Waals surface area contributed by atoms with Gasteiger partial charge in [0.15, 0.2) is 0 Å². The zero-order valence-electron chi connectivity index (χ0n) is 8.84. The summed E-state index contributed by atoms with van der Waals surface area (Å²) in [5.41, 5.74) is 1.86. The van der Waals surface area contributed by atoms with Gasteiger partial charge in [-0.25, -0.2) is 0 Å². The van der Waals surface area contributed by atoms with E-state index in [0.717, 1.165) is 18.4 Å². The van der Waals surface area contributed by atoms with E-state index in [2.05, 4.69) is 0 Å². The summed E-state index contributed by atoms with van der Waals surface area (Å²) in [6.07, 6.45) is 2.04. The minimum absolute atomic E-state index is 0.114. The van der Waals surface area contributed by atoms with E-state index in [-0.39, 0.29) is 11.7 Å². The molecule has 2 nitrogen and oxygen atoms in total. The molecule has 0 aromatic heterocycles. The second-order valence-corrected chi connectivity index (χ2v) is 4.02. The number of hydrogen-bond acceptors (Lipinski definition) is 2. The lowest BCUT2D eigenvalue weighted by Crippen LogP contribution is -2.19. The maximum Gasteiger partial charge on any atom is 0.332 e. The third kappa shape index (κ3) is 1.87. The molecule has 80 valence electrons. The maximum absolute atomic E-state index is 12.7. The number of aryl methyl sites for hydroxylation is 2. The van der Waals surface area contributed by atoms with Crippen LogP contribution in [0.5, 0.6) is 5.75 Å². The molecule has 0 amide bonds. The molecule has 2 rings (SSSR count). The topological polar surface area (TPSA) is 26.3 Å². The number of hydrogen-bond donors (Lipinski definition) is 0. The Morgan fingerprint density at radius 1 is 1.53 bits per heavy atom. The van der Waals surface area contributed by atoms with Crippen LogP contribution in [0.4, 0.5) is 4.39 Å². The number of halogens is 1. The first kappa shape index (κ1) is 10.1. The molecule has 1 aromatic rings. The molecule has 0 saturated heterocycles. The molecule has 15 heavy (non-hydrogen) atoms. The van der Waals surface area contributed by atoms with Gasteiger partial charge in [0.2, 0.25) is 0 Å². The highest BCUT2D eigenvalue weighted by molar-refractivity contribution is 5.90. The van der Waals surface area contributed by atoms with E-state index in [1.165, 1.54) is 6.07 Å². The van der Waals surface area contributed by atoms with Crippen molar-refractivity contribution in [2.75, 3.05) is 0 Å². The lowest BCUT2D eigenvalue weighted by atomic mass is 9.98. The zero-order chi connectivity index (χ0) is 11.0. The molecule has 1 heterocycles. The number of rotatable bonds is 1. The first-order valence-electron chi connectivity index (χ1n) is 5.08. The van der Waals surface area contributed by atoms with Crippen LogP contribution >= 0.6 is 0 Å². The summed E-state index contributed by atoms with van der Waals surface area (Å²) >= 11 is 0. The van der Waals surface area contributed by atoms with Crippen molar-refractivity contribution in [3.63, 3.8) is 0 Å². The van der Waals surface area contributed by atoms with Gasteiger partial charge in [0.25, 0.3) is 0 Å². The molecule has 0 spiro atoms. The number of carbonyl (C=O) groups excluding carboxylic acids is 1. The molecule has 1 unspecified atom stereocenters. The summed E-state index contributed by atoms with van der Waals surface area (Å²) < 4.78 is 18.2. The molecule has 0 N–H and O–H groups in total. The van der Waals surface area contributed by atoms with E-state index < -0.39 is 6.04 Å². The lowest BCUT2D eigenvalue weighted by molar-refractivity contribution is 0.0834. The highest BCUT2D eigenvalue weighted by Gasteiger charge is 2.19. The van der Waals surface area contributed by atoms with Gasteiger partial charge < -0.3 is 4.74 Å². The van der Waals surface area contributed by atoms with Crippen molar-refractivity contribution in [1.29, 1.82) is 0 Å². The molecule has 0 saturated carbocycles. The Kier molecular flexibility index (Phi) is 2.47. The number of fused-ring (bicyclic) bond motifs is 1. The van der Waals surface area contributed by atoms with Crippen molar-refractivity contribution in [2.45, 2.75) is 32.8 Å². The fraction of sp³-hybridized carbons (Fsp3) is 0.417. The molecular formula is C12H13FO2. The maximum atomic E-state index is 12.7. The Morgan fingerprint density at radius 3 is 2.93 bits per heavy atom. The fourth-order valence-electron chi connectivity index (χ4n) is 1.90. The van der Waals surface area contributed by atoms with Crippen LogP contribution < -0.4 is 4.74 Å². The van der Waals surface area contributed by atoms with Gasteiger partial charge in [-0.3, -0.25) is 4.79 Å². The van der Waals surface area contributed by atoms with Gasteiger partial charge in [-0.2, -0.15) is 4.39 Å². The monoisotopic (exact) mass is 208 g/mol. The summed E-state index contributed by atoms with van der Waals surface area (Å²) in [5, 5.41) is 0. The largest absolute Gasteiger partial charge is 0.490 e. The van der Waals surface area contributed by atoms with Gasteiger partial charge in [-0.1, -0.05) is 6.07 Å². The fourth-order valence-corrected chi connectivity index (χ4v) is 1.90. The molecule has 0 fully saturated rings. The Labute approximate surface area is 88.1 Å². The van der Waals surface area contributed by atoms with Crippen LogP contribution in [0.2, 0.25) is 0 Å². The summed E-state index contributed by atoms with van der Waals surface area (Å²) in [4.78, 5) is 10.7. The molecule has 0 aliphatic carbocycles. The Balaban J connectivity index is 2.47. The van der Waals surface area contributed by atoms with Crippen molar-refractivity contribution >= 4 is 6.04 Å². The quantitative estimate of drug-likeness (QED) is 0.663. The van der Waals surface area contributed by atoms with E-state index in [1.54, 1.807) is 6.92 Å². The van der Waals surface area contributed by atoms with Crippen LogP contribution in [0.1, 0.15) is 34.8 Å². The van der Waals surface area contributed by atoms with Gasteiger partial charge in [-0.15, -0.1) is 0 Å². The zero-order valence-corrected chi connectivity index (χ0v) is 8.84. The van der Waals surface area contributed by atoms with E-state index in [9.17, 15) is 9.18 Å². The minimum atomic E-state index is -1.39. The second kappa shape index (κ2) is 3.65. The third-order valence-electron chi connectivity index (χ3n) is 2.77. The standard InChI is InChI=1S/C12H13FO2/c1-7-5-9-4-3-8(2)15-11(9)6-10(7)12(13)14/h5-6,8H,3-4H2,1-2H3. The SMILES string of the molecule is Cc1cc2c(cc1C(=O)F)OC(C)CC2.